The fourth-order valence-corrected chi connectivity index (χ4v) is 1.19. The highest BCUT2D eigenvalue weighted by atomic mass is 16.6. The van der Waals surface area contributed by atoms with E-state index in [0.29, 0.717) is 6.47 Å². The molecule has 1 aromatic rings. The highest BCUT2D eigenvalue weighted by Gasteiger charge is 2.07. The van der Waals surface area contributed by atoms with Crippen molar-refractivity contribution in [1.82, 2.24) is 0 Å². The smallest absolute Gasteiger partial charge is 0.293 e. The Morgan fingerprint density at radius 1 is 1.29 bits per heavy atom. The number of nitro groups is 1. The van der Waals surface area contributed by atoms with Gasteiger partial charge in [-0.05, 0) is 39.3 Å². The highest BCUT2D eigenvalue weighted by molar-refractivity contribution is 5.54. The molecule has 0 saturated carbocycles. The van der Waals surface area contributed by atoms with Gasteiger partial charge in [-0.25, -0.2) is 0 Å². The Morgan fingerprint density at radius 3 is 2.05 bits per heavy atom. The van der Waals surface area contributed by atoms with Gasteiger partial charge in [0, 0.05) is 24.9 Å². The molecule has 0 amide bonds. The van der Waals surface area contributed by atoms with Crippen molar-refractivity contribution in [1.29, 1.82) is 0 Å². The molecule has 0 atom stereocenters. The van der Waals surface area contributed by atoms with Gasteiger partial charge in [0.25, 0.3) is 12.2 Å². The number of carbonyl (C=O) groups is 1. The van der Waals surface area contributed by atoms with Gasteiger partial charge in [-0.3, -0.25) is 14.9 Å². The van der Waals surface area contributed by atoms with Crippen molar-refractivity contribution in [2.24, 2.45) is 0 Å². The second-order valence-corrected chi connectivity index (χ2v) is 4.83. The second-order valence-electron chi connectivity index (χ2n) is 4.83. The average molecular weight is 298 g/mol. The minimum absolute atomic E-state index is 0.131. The molecule has 1 aromatic carbocycles. The first-order valence-corrected chi connectivity index (χ1v) is 6.75. The lowest BCUT2D eigenvalue weighted by molar-refractivity contribution is -0.384. The van der Waals surface area contributed by atoms with Crippen molar-refractivity contribution >= 4 is 17.8 Å². The number of nitro benzene ring substituents is 1. The number of rotatable bonds is 3. The number of benzene rings is 1. The Morgan fingerprint density at radius 2 is 1.81 bits per heavy atom. The molecule has 6 nitrogen and oxygen atoms in total. The Labute approximate surface area is 126 Å². The summed E-state index contributed by atoms with van der Waals surface area (Å²) >= 11 is 0. The van der Waals surface area contributed by atoms with Gasteiger partial charge in [-0.15, -0.1) is 0 Å². The lowest BCUT2D eigenvalue weighted by Gasteiger charge is -2.14. The fraction of sp³-hybridized carbons (Fsp3) is 0.533. The molecule has 0 unspecified atom stereocenters. The van der Waals surface area contributed by atoms with Crippen LogP contribution in [-0.2, 0) is 9.53 Å². The van der Waals surface area contributed by atoms with Crippen molar-refractivity contribution in [2.75, 3.05) is 12.4 Å². The van der Waals surface area contributed by atoms with Crippen LogP contribution in [0.4, 0.5) is 11.4 Å². The quantitative estimate of drug-likeness (QED) is 0.519. The molecule has 21 heavy (non-hydrogen) atoms. The number of carbonyl (C=O) groups excluding carboxylic acids is 1. The minimum atomic E-state index is -0.396. The van der Waals surface area contributed by atoms with Crippen molar-refractivity contribution < 1.29 is 14.5 Å². The first-order chi connectivity index (χ1) is 9.71. The number of ether oxygens (including phenoxy) is 1. The number of nitrogens with zero attached hydrogens (tertiary/aromatic N) is 1. The van der Waals surface area contributed by atoms with Crippen LogP contribution in [0.3, 0.4) is 0 Å². The molecule has 0 spiro atoms. The predicted octanol–water partition coefficient (Wildman–Crippen LogP) is 3.93. The molecule has 0 bridgehead atoms. The molecule has 0 aliphatic rings. The SMILES string of the molecule is CC.CC(C)(C)OC=O.CNc1ccc([N+](=O)[O-])cc1C. The molecule has 0 heterocycles. The maximum atomic E-state index is 10.3. The third kappa shape index (κ3) is 10.4. The van der Waals surface area contributed by atoms with Gasteiger partial charge in [0.15, 0.2) is 0 Å². The van der Waals surface area contributed by atoms with Crippen LogP contribution in [0.2, 0.25) is 0 Å². The highest BCUT2D eigenvalue weighted by Crippen LogP contribution is 2.20. The number of anilines is 1. The third-order valence-electron chi connectivity index (χ3n) is 2.09. The lowest BCUT2D eigenvalue weighted by Crippen LogP contribution is -2.17. The second kappa shape index (κ2) is 10.7. The van der Waals surface area contributed by atoms with Gasteiger partial charge >= 0.3 is 0 Å². The molecule has 6 heteroatoms. The van der Waals surface area contributed by atoms with Crippen LogP contribution >= 0.6 is 0 Å². The summed E-state index contributed by atoms with van der Waals surface area (Å²) in [5.74, 6) is 0. The molecular weight excluding hydrogens is 272 g/mol. The molecule has 0 fully saturated rings. The van der Waals surface area contributed by atoms with Gasteiger partial charge < -0.3 is 10.1 Å². The maximum absolute atomic E-state index is 10.3. The van der Waals surface area contributed by atoms with Crippen LogP contribution in [0.15, 0.2) is 18.2 Å². The summed E-state index contributed by atoms with van der Waals surface area (Å²) in [6, 6.07) is 4.73. The van der Waals surface area contributed by atoms with Crippen molar-refractivity contribution in [3.63, 3.8) is 0 Å². The summed E-state index contributed by atoms with van der Waals surface area (Å²) in [5, 5.41) is 13.3. The van der Waals surface area contributed by atoms with Crippen LogP contribution in [0.5, 0.6) is 0 Å². The molecular formula is C15H26N2O4. The molecule has 0 aliphatic heterocycles. The molecule has 0 aromatic heterocycles. The lowest BCUT2D eigenvalue weighted by atomic mass is 10.2. The van der Waals surface area contributed by atoms with E-state index in [2.05, 4.69) is 10.1 Å². The summed E-state index contributed by atoms with van der Waals surface area (Å²) in [6.07, 6.45) is 0. The van der Waals surface area contributed by atoms with E-state index in [9.17, 15) is 14.9 Å². The van der Waals surface area contributed by atoms with E-state index in [1.807, 2.05) is 41.5 Å². The van der Waals surface area contributed by atoms with E-state index in [-0.39, 0.29) is 11.3 Å². The zero-order valence-electron chi connectivity index (χ0n) is 13.9. The van der Waals surface area contributed by atoms with Crippen LogP contribution in [0.25, 0.3) is 0 Å². The van der Waals surface area contributed by atoms with E-state index in [1.165, 1.54) is 6.07 Å². The molecule has 0 radical (unpaired) electrons. The zero-order chi connectivity index (χ0) is 17.1. The van der Waals surface area contributed by atoms with Crippen LogP contribution in [0, 0.1) is 17.0 Å². The van der Waals surface area contributed by atoms with E-state index in [0.717, 1.165) is 11.3 Å². The maximum Gasteiger partial charge on any atom is 0.293 e. The first kappa shape index (κ1) is 21.2. The Bertz CT molecular complexity index is 440. The number of nitrogens with one attached hydrogen (secondary N) is 1. The number of non-ortho nitro benzene ring substituents is 1. The van der Waals surface area contributed by atoms with E-state index >= 15 is 0 Å². The van der Waals surface area contributed by atoms with Gasteiger partial charge in [-0.2, -0.15) is 0 Å². The molecule has 0 aliphatic carbocycles. The first-order valence-electron chi connectivity index (χ1n) is 6.75. The molecule has 1 N–H and O–H groups in total. The number of aryl methyl sites for hydroxylation is 1. The third-order valence-corrected chi connectivity index (χ3v) is 2.09. The normalized spacial score (nSPS) is 9.29. The van der Waals surface area contributed by atoms with Crippen LogP contribution in [0.1, 0.15) is 40.2 Å². The van der Waals surface area contributed by atoms with Gasteiger partial charge in [0.1, 0.15) is 5.60 Å². The molecule has 1 rings (SSSR count). The van der Waals surface area contributed by atoms with E-state index in [1.54, 1.807) is 19.2 Å². The topological polar surface area (TPSA) is 81.5 Å². The monoisotopic (exact) mass is 298 g/mol. The minimum Gasteiger partial charge on any atom is -0.462 e. The van der Waals surface area contributed by atoms with E-state index < -0.39 is 4.92 Å². The molecule has 0 saturated heterocycles. The van der Waals surface area contributed by atoms with Crippen molar-refractivity contribution in [3.05, 3.63) is 33.9 Å². The number of hydrogen-bond acceptors (Lipinski definition) is 5. The van der Waals surface area contributed by atoms with Gasteiger partial charge in [-0.1, -0.05) is 13.8 Å². The van der Waals surface area contributed by atoms with Crippen molar-refractivity contribution in [2.45, 2.75) is 47.1 Å². The Balaban J connectivity index is 0. The van der Waals surface area contributed by atoms with Gasteiger partial charge in [0.05, 0.1) is 4.92 Å². The Hall–Kier alpha value is -2.11. The zero-order valence-corrected chi connectivity index (χ0v) is 13.9. The average Bonchev–Trinajstić information content (AvgIpc) is 2.40. The standard InChI is InChI=1S/C8H10N2O2.C5H10O2.C2H6/c1-6-5-7(10(11)12)3-4-8(6)9-2;1-5(2,3)7-4-6;1-2/h3-5,9H,1-2H3;4H,1-3H3;1-2H3. The van der Waals surface area contributed by atoms with E-state index in [4.69, 9.17) is 0 Å². The van der Waals surface area contributed by atoms with Crippen LogP contribution < -0.4 is 5.32 Å². The predicted molar refractivity (Wildman–Crippen MR) is 85.6 cm³/mol. The summed E-state index contributed by atoms with van der Waals surface area (Å²) in [7, 11) is 1.79. The summed E-state index contributed by atoms with van der Waals surface area (Å²) in [6.45, 7) is 11.8. The largest absolute Gasteiger partial charge is 0.462 e. The van der Waals surface area contributed by atoms with Crippen molar-refractivity contribution in [3.8, 4) is 0 Å². The van der Waals surface area contributed by atoms with Gasteiger partial charge in [0.2, 0.25) is 0 Å². The fourth-order valence-electron chi connectivity index (χ4n) is 1.19. The van der Waals surface area contributed by atoms with Crippen LogP contribution in [-0.4, -0.2) is 24.0 Å². The summed E-state index contributed by atoms with van der Waals surface area (Å²) in [4.78, 5) is 19.5. The summed E-state index contributed by atoms with van der Waals surface area (Å²) < 4.78 is 4.55. The Kier molecular flexibility index (Phi) is 10.7. The number of hydrogen-bond donors (Lipinski definition) is 1. The molecule has 120 valence electrons. The summed E-state index contributed by atoms with van der Waals surface area (Å²) in [5.41, 5.74) is 1.61.